The molecule has 2 aliphatic heterocycles. The number of rotatable bonds is 6. The van der Waals surface area contributed by atoms with Crippen LogP contribution in [0.3, 0.4) is 0 Å². The summed E-state index contributed by atoms with van der Waals surface area (Å²) in [6, 6.07) is 4.81. The molecule has 0 aromatic carbocycles. The third-order valence-corrected chi connectivity index (χ3v) is 6.62. The number of amides is 1. The number of nitrogens with one attached hydrogen (secondary N) is 1. The highest BCUT2D eigenvalue weighted by atomic mass is 32.1. The first kappa shape index (κ1) is 17.4. The lowest BCUT2D eigenvalue weighted by Crippen LogP contribution is -2.50. The van der Waals surface area contributed by atoms with E-state index in [2.05, 4.69) is 25.2 Å². The fraction of sp³-hybridized carbons (Fsp3) is 0.400. The Hall–Kier alpha value is -2.74. The average Bonchev–Trinajstić information content (AvgIpc) is 3.50. The third-order valence-electron chi connectivity index (χ3n) is 5.99. The molecule has 0 saturated carbocycles. The molecular formula is C20H21N5O2S. The van der Waals surface area contributed by atoms with E-state index < -0.39 is 5.41 Å². The third kappa shape index (κ3) is 2.88. The molecule has 0 spiro atoms. The van der Waals surface area contributed by atoms with Crippen molar-refractivity contribution in [3.63, 3.8) is 0 Å². The van der Waals surface area contributed by atoms with Gasteiger partial charge in [0.1, 0.15) is 6.26 Å². The zero-order valence-electron chi connectivity index (χ0n) is 15.3. The van der Waals surface area contributed by atoms with Gasteiger partial charge in [-0.2, -0.15) is 0 Å². The molecule has 5 heterocycles. The fourth-order valence-electron chi connectivity index (χ4n) is 4.84. The lowest BCUT2D eigenvalue weighted by atomic mass is 9.70. The maximum Gasteiger partial charge on any atom is 0.297 e. The maximum absolute atomic E-state index is 13.5. The van der Waals surface area contributed by atoms with E-state index in [4.69, 9.17) is 4.42 Å². The minimum absolute atomic E-state index is 0.0618. The summed E-state index contributed by atoms with van der Waals surface area (Å²) < 4.78 is 5.60. The predicted molar refractivity (Wildman–Crippen MR) is 105 cm³/mol. The molecule has 3 aromatic heterocycles. The van der Waals surface area contributed by atoms with Crippen LogP contribution in [0.5, 0.6) is 0 Å². The van der Waals surface area contributed by atoms with E-state index in [1.54, 1.807) is 36.2 Å². The number of pyridine rings is 1. The van der Waals surface area contributed by atoms with Crippen molar-refractivity contribution in [3.8, 4) is 0 Å². The quantitative estimate of drug-likeness (QED) is 0.691. The average molecular weight is 395 g/mol. The second-order valence-corrected chi connectivity index (χ2v) is 8.25. The Bertz CT molecular complexity index is 931. The van der Waals surface area contributed by atoms with Gasteiger partial charge >= 0.3 is 0 Å². The Balaban J connectivity index is 1.44. The van der Waals surface area contributed by atoms with E-state index in [0.29, 0.717) is 19.0 Å². The standard InChI is InChI=1S/C20H21N5O2S/c26-18(23-11-14-2-1-5-21-10-14)20(8-15-12-28-13-24-15)9-16-3-4-17(20)25(16)19-22-6-7-27-19/h1-2,5-7,10,12-13,16-17H,3-4,8-9,11H2,(H,23,26)/t16-,17+,20+/m1/s1. The van der Waals surface area contributed by atoms with E-state index in [0.717, 1.165) is 30.5 Å². The SMILES string of the molecule is O=C(NCc1cccnc1)[C@@]1(Cc2cscn2)C[C@H]2CC[C@@H]1N2c1ncco1. The van der Waals surface area contributed by atoms with Crippen LogP contribution in [0.4, 0.5) is 6.01 Å². The summed E-state index contributed by atoms with van der Waals surface area (Å²) in [6.07, 6.45) is 10.2. The molecule has 2 saturated heterocycles. The molecule has 1 amide bonds. The number of hydrogen-bond acceptors (Lipinski definition) is 7. The Kier molecular flexibility index (Phi) is 4.35. The van der Waals surface area contributed by atoms with Crippen molar-refractivity contribution in [1.82, 2.24) is 20.3 Å². The molecule has 2 fully saturated rings. The van der Waals surface area contributed by atoms with Crippen LogP contribution in [0.15, 0.2) is 52.3 Å². The number of oxazole rings is 1. The van der Waals surface area contributed by atoms with Crippen molar-refractivity contribution < 1.29 is 9.21 Å². The Morgan fingerprint density at radius 2 is 2.32 bits per heavy atom. The zero-order chi connectivity index (χ0) is 19.0. The highest BCUT2D eigenvalue weighted by Gasteiger charge is 2.61. The van der Waals surface area contributed by atoms with Gasteiger partial charge in [-0.1, -0.05) is 6.07 Å². The van der Waals surface area contributed by atoms with Crippen LogP contribution >= 0.6 is 11.3 Å². The van der Waals surface area contributed by atoms with Gasteiger partial charge in [-0.25, -0.2) is 9.97 Å². The van der Waals surface area contributed by atoms with Gasteiger partial charge in [-0.05, 0) is 30.9 Å². The molecule has 1 N–H and O–H groups in total. The molecule has 8 heteroatoms. The summed E-state index contributed by atoms with van der Waals surface area (Å²) in [6.45, 7) is 0.474. The van der Waals surface area contributed by atoms with Crippen LogP contribution in [0.25, 0.3) is 0 Å². The van der Waals surface area contributed by atoms with Gasteiger partial charge in [-0.3, -0.25) is 9.78 Å². The largest absolute Gasteiger partial charge is 0.432 e. The molecular weight excluding hydrogens is 374 g/mol. The molecule has 5 rings (SSSR count). The first-order valence-corrected chi connectivity index (χ1v) is 10.4. The molecule has 28 heavy (non-hydrogen) atoms. The molecule has 2 aliphatic rings. The molecule has 2 bridgehead atoms. The fourth-order valence-corrected chi connectivity index (χ4v) is 5.40. The first-order valence-electron chi connectivity index (χ1n) is 9.48. The van der Waals surface area contributed by atoms with E-state index in [1.807, 2.05) is 23.0 Å². The van der Waals surface area contributed by atoms with E-state index in [9.17, 15) is 4.79 Å². The number of carbonyl (C=O) groups is 1. The van der Waals surface area contributed by atoms with Gasteiger partial charge in [0, 0.05) is 42.8 Å². The number of carbonyl (C=O) groups excluding carboxylic acids is 1. The van der Waals surface area contributed by atoms with Crippen molar-refractivity contribution in [2.45, 2.75) is 44.3 Å². The van der Waals surface area contributed by atoms with Gasteiger partial charge in [0.2, 0.25) is 5.91 Å². The number of nitrogens with zero attached hydrogens (tertiary/aromatic N) is 4. The van der Waals surface area contributed by atoms with Crippen LogP contribution in [-0.2, 0) is 17.8 Å². The van der Waals surface area contributed by atoms with Crippen LogP contribution in [0.2, 0.25) is 0 Å². The van der Waals surface area contributed by atoms with E-state index in [-0.39, 0.29) is 18.0 Å². The molecule has 3 aromatic rings. The number of aromatic nitrogens is 3. The van der Waals surface area contributed by atoms with Crippen LogP contribution < -0.4 is 10.2 Å². The van der Waals surface area contributed by atoms with Crippen molar-refractivity contribution >= 4 is 23.3 Å². The summed E-state index contributed by atoms with van der Waals surface area (Å²) in [4.78, 5) is 28.7. The van der Waals surface area contributed by atoms with Gasteiger partial charge in [0.25, 0.3) is 6.01 Å². The summed E-state index contributed by atoms with van der Waals surface area (Å²) in [7, 11) is 0. The van der Waals surface area contributed by atoms with Crippen molar-refractivity contribution in [2.24, 2.45) is 5.41 Å². The molecule has 3 atom stereocenters. The summed E-state index contributed by atoms with van der Waals surface area (Å²) in [5, 5.41) is 5.20. The van der Waals surface area contributed by atoms with Crippen LogP contribution in [0.1, 0.15) is 30.5 Å². The molecule has 0 aliphatic carbocycles. The normalized spacial score (nSPS) is 25.9. The topological polar surface area (TPSA) is 84.2 Å². The minimum Gasteiger partial charge on any atom is -0.432 e. The monoisotopic (exact) mass is 395 g/mol. The van der Waals surface area contributed by atoms with Gasteiger partial charge in [-0.15, -0.1) is 11.3 Å². The molecule has 0 radical (unpaired) electrons. The Morgan fingerprint density at radius 1 is 1.36 bits per heavy atom. The maximum atomic E-state index is 13.5. The van der Waals surface area contributed by atoms with E-state index in [1.165, 1.54) is 0 Å². The zero-order valence-corrected chi connectivity index (χ0v) is 16.1. The Labute approximate surface area is 166 Å². The summed E-state index contributed by atoms with van der Waals surface area (Å²) in [5.74, 6) is 0.0770. The van der Waals surface area contributed by atoms with Crippen LogP contribution in [0, 0.1) is 5.41 Å². The smallest absolute Gasteiger partial charge is 0.297 e. The minimum atomic E-state index is -0.534. The number of fused-ring (bicyclic) bond motifs is 2. The Morgan fingerprint density at radius 3 is 3.07 bits per heavy atom. The number of thiazole rings is 1. The van der Waals surface area contributed by atoms with Gasteiger partial charge < -0.3 is 14.6 Å². The second-order valence-electron chi connectivity index (χ2n) is 7.53. The lowest BCUT2D eigenvalue weighted by Gasteiger charge is -2.35. The highest BCUT2D eigenvalue weighted by Crippen LogP contribution is 2.53. The second kappa shape index (κ2) is 7.01. The summed E-state index contributed by atoms with van der Waals surface area (Å²) in [5.41, 5.74) is 3.26. The molecule has 0 unspecified atom stereocenters. The van der Waals surface area contributed by atoms with Crippen LogP contribution in [-0.4, -0.2) is 32.9 Å². The lowest BCUT2D eigenvalue weighted by molar-refractivity contribution is -0.132. The van der Waals surface area contributed by atoms with Gasteiger partial charge in [0.05, 0.1) is 22.8 Å². The summed E-state index contributed by atoms with van der Waals surface area (Å²) >= 11 is 1.57. The molecule has 7 nitrogen and oxygen atoms in total. The van der Waals surface area contributed by atoms with Crippen molar-refractivity contribution in [1.29, 1.82) is 0 Å². The number of hydrogen-bond donors (Lipinski definition) is 1. The van der Waals surface area contributed by atoms with Crippen molar-refractivity contribution in [3.05, 3.63) is 59.1 Å². The first-order chi connectivity index (χ1) is 13.8. The predicted octanol–water partition coefficient (Wildman–Crippen LogP) is 2.81. The molecule has 144 valence electrons. The van der Waals surface area contributed by atoms with Crippen molar-refractivity contribution in [2.75, 3.05) is 4.90 Å². The van der Waals surface area contributed by atoms with Gasteiger partial charge in [0.15, 0.2) is 0 Å². The number of anilines is 1. The highest BCUT2D eigenvalue weighted by molar-refractivity contribution is 7.07. The van der Waals surface area contributed by atoms with E-state index >= 15 is 0 Å².